The van der Waals surface area contributed by atoms with Crippen LogP contribution >= 0.6 is 39.7 Å². The van der Waals surface area contributed by atoms with E-state index in [4.69, 9.17) is 0 Å². The second-order valence-electron chi connectivity index (χ2n) is 6.03. The number of hydrogen-bond acceptors (Lipinski definition) is 3. The average Bonchev–Trinajstić information content (AvgIpc) is 3.03. The summed E-state index contributed by atoms with van der Waals surface area (Å²) in [5, 5.41) is 5.63. The third-order valence-electron chi connectivity index (χ3n) is 4.55. The van der Waals surface area contributed by atoms with E-state index < -0.39 is 0 Å². The van der Waals surface area contributed by atoms with Crippen molar-refractivity contribution < 1.29 is 4.79 Å². The first-order valence-electron chi connectivity index (χ1n) is 7.37. The molecular formula is C15H22BrClN2OS. The quantitative estimate of drug-likeness (QED) is 0.847. The number of rotatable bonds is 3. The SMILES string of the molecule is CN(Cc1cc(Br)cs1)C(=O)C1CC2CCCCC2N1.Cl. The summed E-state index contributed by atoms with van der Waals surface area (Å²) in [7, 11) is 1.92. The van der Waals surface area contributed by atoms with Crippen LogP contribution in [0, 0.1) is 5.92 Å². The van der Waals surface area contributed by atoms with Gasteiger partial charge in [-0.05, 0) is 47.2 Å². The maximum absolute atomic E-state index is 12.6. The Bertz CT molecular complexity index is 482. The zero-order valence-corrected chi connectivity index (χ0v) is 15.4. The van der Waals surface area contributed by atoms with E-state index in [9.17, 15) is 4.79 Å². The summed E-state index contributed by atoms with van der Waals surface area (Å²) in [6.45, 7) is 0.711. The fraction of sp³-hybridized carbons (Fsp3) is 0.667. The molecule has 1 aromatic heterocycles. The van der Waals surface area contributed by atoms with Gasteiger partial charge in [-0.2, -0.15) is 0 Å². The summed E-state index contributed by atoms with van der Waals surface area (Å²) >= 11 is 5.16. The van der Waals surface area contributed by atoms with Gasteiger partial charge in [-0.25, -0.2) is 0 Å². The van der Waals surface area contributed by atoms with Crippen molar-refractivity contribution in [2.24, 2.45) is 5.92 Å². The minimum atomic E-state index is 0. The molecule has 0 bridgehead atoms. The molecule has 3 rings (SSSR count). The average molecular weight is 394 g/mol. The molecule has 6 heteroatoms. The van der Waals surface area contributed by atoms with Gasteiger partial charge >= 0.3 is 0 Å². The number of fused-ring (bicyclic) bond motifs is 1. The summed E-state index contributed by atoms with van der Waals surface area (Å²) < 4.78 is 1.10. The number of carbonyl (C=O) groups excluding carboxylic acids is 1. The normalized spacial score (nSPS) is 27.8. The van der Waals surface area contributed by atoms with Crippen LogP contribution in [-0.2, 0) is 11.3 Å². The molecule has 1 aromatic rings. The highest BCUT2D eigenvalue weighted by atomic mass is 79.9. The number of carbonyl (C=O) groups is 1. The van der Waals surface area contributed by atoms with Crippen LogP contribution < -0.4 is 5.32 Å². The van der Waals surface area contributed by atoms with Crippen LogP contribution in [0.2, 0.25) is 0 Å². The number of nitrogens with one attached hydrogen (secondary N) is 1. The first-order chi connectivity index (χ1) is 9.63. The lowest BCUT2D eigenvalue weighted by molar-refractivity contribution is -0.132. The second-order valence-corrected chi connectivity index (χ2v) is 7.94. The molecule has 0 aromatic carbocycles. The standard InChI is InChI=1S/C15H21BrN2OS.ClH/c1-18(8-12-7-11(16)9-20-12)15(19)14-6-10-4-2-3-5-13(10)17-14;/h7,9-10,13-14,17H,2-6,8H2,1H3;1H. The van der Waals surface area contributed by atoms with Crippen LogP contribution in [0.1, 0.15) is 37.0 Å². The van der Waals surface area contributed by atoms with Crippen molar-refractivity contribution in [2.75, 3.05) is 7.05 Å². The monoisotopic (exact) mass is 392 g/mol. The van der Waals surface area contributed by atoms with Gasteiger partial charge in [-0.3, -0.25) is 4.79 Å². The molecule has 1 amide bonds. The highest BCUT2D eigenvalue weighted by Gasteiger charge is 2.39. The van der Waals surface area contributed by atoms with E-state index in [2.05, 4.69) is 32.7 Å². The number of amides is 1. The maximum Gasteiger partial charge on any atom is 0.239 e. The van der Waals surface area contributed by atoms with Gasteiger partial charge in [0.1, 0.15) is 0 Å². The van der Waals surface area contributed by atoms with E-state index >= 15 is 0 Å². The summed E-state index contributed by atoms with van der Waals surface area (Å²) in [5.41, 5.74) is 0. The Morgan fingerprint density at radius 2 is 2.24 bits per heavy atom. The second kappa shape index (κ2) is 7.44. The Balaban J connectivity index is 0.00000161. The third-order valence-corrected chi connectivity index (χ3v) is 6.23. The summed E-state index contributed by atoms with van der Waals surface area (Å²) in [6.07, 6.45) is 6.22. The molecule has 1 aliphatic carbocycles. The summed E-state index contributed by atoms with van der Waals surface area (Å²) in [6, 6.07) is 2.72. The zero-order valence-electron chi connectivity index (χ0n) is 12.2. The predicted octanol–water partition coefficient (Wildman–Crippen LogP) is 3.81. The molecule has 21 heavy (non-hydrogen) atoms. The van der Waals surface area contributed by atoms with Gasteiger partial charge in [0.25, 0.3) is 0 Å². The lowest BCUT2D eigenvalue weighted by Gasteiger charge is -2.24. The molecule has 3 unspecified atom stereocenters. The van der Waals surface area contributed by atoms with Crippen LogP contribution in [-0.4, -0.2) is 29.9 Å². The fourth-order valence-corrected chi connectivity index (χ4v) is 5.03. The molecule has 2 fully saturated rings. The van der Waals surface area contributed by atoms with E-state index in [1.165, 1.54) is 30.6 Å². The van der Waals surface area contributed by atoms with Crippen molar-refractivity contribution in [1.29, 1.82) is 0 Å². The first-order valence-corrected chi connectivity index (χ1v) is 9.04. The highest BCUT2D eigenvalue weighted by Crippen LogP contribution is 2.33. The van der Waals surface area contributed by atoms with E-state index in [-0.39, 0.29) is 24.4 Å². The molecule has 1 saturated carbocycles. The van der Waals surface area contributed by atoms with Crippen LogP contribution in [0.15, 0.2) is 15.9 Å². The van der Waals surface area contributed by atoms with Gasteiger partial charge in [-0.1, -0.05) is 12.8 Å². The Kier molecular flexibility index (Phi) is 6.12. The van der Waals surface area contributed by atoms with Gasteiger partial charge in [-0.15, -0.1) is 23.7 Å². The van der Waals surface area contributed by atoms with Gasteiger partial charge < -0.3 is 10.2 Å². The molecule has 1 aliphatic heterocycles. The number of nitrogens with zero attached hydrogens (tertiary/aromatic N) is 1. The van der Waals surface area contributed by atoms with Gasteiger partial charge in [0, 0.05) is 27.8 Å². The van der Waals surface area contributed by atoms with Crippen molar-refractivity contribution >= 4 is 45.6 Å². The fourth-order valence-electron chi connectivity index (χ4n) is 3.52. The van der Waals surface area contributed by atoms with Crippen molar-refractivity contribution in [3.05, 3.63) is 20.8 Å². The Labute approximate surface area is 145 Å². The van der Waals surface area contributed by atoms with Crippen LogP contribution in [0.4, 0.5) is 0 Å². The summed E-state index contributed by atoms with van der Waals surface area (Å²) in [5.74, 6) is 0.978. The Morgan fingerprint density at radius 1 is 1.48 bits per heavy atom. The van der Waals surface area contributed by atoms with Gasteiger partial charge in [0.15, 0.2) is 0 Å². The molecular weight excluding hydrogens is 372 g/mol. The van der Waals surface area contributed by atoms with E-state index in [1.54, 1.807) is 11.3 Å². The molecule has 1 N–H and O–H groups in total. The molecule has 3 nitrogen and oxygen atoms in total. The van der Waals surface area contributed by atoms with Crippen LogP contribution in [0.3, 0.4) is 0 Å². The first kappa shape index (κ1) is 17.3. The maximum atomic E-state index is 12.6. The van der Waals surface area contributed by atoms with Crippen LogP contribution in [0.5, 0.6) is 0 Å². The molecule has 3 atom stereocenters. The Morgan fingerprint density at radius 3 is 2.90 bits per heavy atom. The Hall–Kier alpha value is -0.100. The van der Waals surface area contributed by atoms with Gasteiger partial charge in [0.2, 0.25) is 5.91 Å². The van der Waals surface area contributed by atoms with E-state index in [0.29, 0.717) is 12.6 Å². The molecule has 1 saturated heterocycles. The van der Waals surface area contributed by atoms with E-state index in [1.807, 2.05) is 11.9 Å². The smallest absolute Gasteiger partial charge is 0.239 e. The van der Waals surface area contributed by atoms with Crippen molar-refractivity contribution in [2.45, 2.75) is 50.7 Å². The van der Waals surface area contributed by atoms with E-state index in [0.717, 1.165) is 16.8 Å². The van der Waals surface area contributed by atoms with Crippen molar-refractivity contribution in [3.8, 4) is 0 Å². The number of halogens is 2. The number of hydrogen-bond donors (Lipinski definition) is 1. The largest absolute Gasteiger partial charge is 0.339 e. The van der Waals surface area contributed by atoms with Gasteiger partial charge in [0.05, 0.1) is 12.6 Å². The number of likely N-dealkylation sites (N-methyl/N-ethyl adjacent to an activating group) is 1. The summed E-state index contributed by atoms with van der Waals surface area (Å²) in [4.78, 5) is 15.6. The highest BCUT2D eigenvalue weighted by molar-refractivity contribution is 9.10. The molecule has 2 aliphatic rings. The predicted molar refractivity (Wildman–Crippen MR) is 93.0 cm³/mol. The molecule has 0 spiro atoms. The zero-order chi connectivity index (χ0) is 14.1. The minimum absolute atomic E-state index is 0. The molecule has 118 valence electrons. The topological polar surface area (TPSA) is 32.3 Å². The van der Waals surface area contributed by atoms with Crippen LogP contribution in [0.25, 0.3) is 0 Å². The van der Waals surface area contributed by atoms with Crippen molar-refractivity contribution in [1.82, 2.24) is 10.2 Å². The third kappa shape index (κ3) is 4.01. The van der Waals surface area contributed by atoms with Crippen molar-refractivity contribution in [3.63, 3.8) is 0 Å². The lowest BCUT2D eigenvalue weighted by atomic mass is 9.85. The molecule has 2 heterocycles. The lowest BCUT2D eigenvalue weighted by Crippen LogP contribution is -2.43. The molecule has 0 radical (unpaired) electrons. The number of thiophene rings is 1. The minimum Gasteiger partial charge on any atom is -0.339 e.